The molecule has 0 fully saturated rings. The molecule has 0 saturated carbocycles. The highest BCUT2D eigenvalue weighted by molar-refractivity contribution is 7.26. The van der Waals surface area contributed by atoms with Crippen LogP contribution in [0.2, 0.25) is 0 Å². The molecule has 2 aromatic heterocycles. The lowest BCUT2D eigenvalue weighted by Gasteiger charge is -2.43. The second-order valence-corrected chi connectivity index (χ2v) is 21.0. The minimum atomic E-state index is -0.124. The molecule has 0 spiro atoms. The van der Waals surface area contributed by atoms with Crippen LogP contribution in [0.1, 0.15) is 78.0 Å². The summed E-state index contributed by atoms with van der Waals surface area (Å²) in [5.41, 5.74) is 18.4. The molecule has 2 aliphatic heterocycles. The van der Waals surface area contributed by atoms with Gasteiger partial charge in [-0.2, -0.15) is 0 Å². The Balaban J connectivity index is 1.21. The van der Waals surface area contributed by atoms with Crippen molar-refractivity contribution in [3.8, 4) is 11.1 Å². The first-order chi connectivity index (χ1) is 29.4. The third-order valence-corrected chi connectivity index (χ3v) is 15.5. The van der Waals surface area contributed by atoms with Crippen LogP contribution in [-0.4, -0.2) is 6.71 Å². The molecule has 0 bridgehead atoms. The van der Waals surface area contributed by atoms with Gasteiger partial charge in [-0.25, -0.2) is 0 Å². The van der Waals surface area contributed by atoms with Crippen molar-refractivity contribution in [2.24, 2.45) is 0 Å². The average Bonchev–Trinajstić information content (AvgIpc) is 3.83. The molecule has 5 heteroatoms. The van der Waals surface area contributed by atoms with Crippen LogP contribution in [0.3, 0.4) is 0 Å². The van der Waals surface area contributed by atoms with Gasteiger partial charge in [0.05, 0.1) is 27.4 Å². The molecule has 0 saturated heterocycles. The largest absolute Gasteiger partial charge is 0.468 e. The molecular formula is C56H49BN2OS. The maximum absolute atomic E-state index is 7.50. The van der Waals surface area contributed by atoms with Gasteiger partial charge < -0.3 is 14.2 Å². The summed E-state index contributed by atoms with van der Waals surface area (Å²) in [5.74, 6) is 0. The summed E-state index contributed by atoms with van der Waals surface area (Å²) in [6, 6.07) is 54.7. The minimum Gasteiger partial charge on any atom is -0.468 e. The van der Waals surface area contributed by atoms with Gasteiger partial charge in [0.15, 0.2) is 0 Å². The lowest BCUT2D eigenvalue weighted by molar-refractivity contribution is 0.332. The van der Waals surface area contributed by atoms with Gasteiger partial charge in [-0.15, -0.1) is 11.3 Å². The summed E-state index contributed by atoms with van der Waals surface area (Å²) < 4.78 is 10.1. The first kappa shape index (κ1) is 36.8. The SMILES string of the molecule is CC(C)(C)c1ccc(N2c3cccc4c3B(c3ccc5c(sc6ccccc65)c3N4c3ccccc3-c3ccccc3)c3oc4cc5c(cc4c32)C(C)(C)CCC5(C)C)cc1. The molecule has 0 radical (unpaired) electrons. The highest BCUT2D eigenvalue weighted by atomic mass is 32.1. The predicted octanol–water partition coefficient (Wildman–Crippen LogP) is 14.2. The molecule has 61 heavy (non-hydrogen) atoms. The molecule has 298 valence electrons. The van der Waals surface area contributed by atoms with Gasteiger partial charge in [0, 0.05) is 43.5 Å². The van der Waals surface area contributed by atoms with Crippen molar-refractivity contribution in [2.45, 2.75) is 77.6 Å². The number of nitrogens with zero attached hydrogens (tertiary/aromatic N) is 2. The van der Waals surface area contributed by atoms with E-state index >= 15 is 0 Å². The van der Waals surface area contributed by atoms with Gasteiger partial charge in [0.2, 0.25) is 0 Å². The van der Waals surface area contributed by atoms with Crippen molar-refractivity contribution in [3.05, 3.63) is 162 Å². The van der Waals surface area contributed by atoms with Crippen molar-refractivity contribution in [1.82, 2.24) is 0 Å². The summed E-state index contributed by atoms with van der Waals surface area (Å²) >= 11 is 1.91. The molecule has 9 aromatic rings. The molecule has 0 atom stereocenters. The number of thiophene rings is 1. The van der Waals surface area contributed by atoms with Gasteiger partial charge in [-0.1, -0.05) is 146 Å². The molecule has 3 aliphatic rings. The zero-order valence-electron chi connectivity index (χ0n) is 36.1. The van der Waals surface area contributed by atoms with Crippen LogP contribution < -0.4 is 26.4 Å². The number of rotatable bonds is 3. The normalized spacial score (nSPS) is 16.1. The Morgan fingerprint density at radius 1 is 0.590 bits per heavy atom. The monoisotopic (exact) mass is 808 g/mol. The van der Waals surface area contributed by atoms with E-state index in [-0.39, 0.29) is 23.0 Å². The fourth-order valence-corrected chi connectivity index (χ4v) is 12.1. The zero-order chi connectivity index (χ0) is 41.6. The number of hydrogen-bond donors (Lipinski definition) is 0. The quantitative estimate of drug-likeness (QED) is 0.166. The predicted molar refractivity (Wildman–Crippen MR) is 263 cm³/mol. The minimum absolute atomic E-state index is 0.0384. The highest BCUT2D eigenvalue weighted by Gasteiger charge is 2.48. The van der Waals surface area contributed by atoms with Crippen molar-refractivity contribution >= 4 is 99.9 Å². The Morgan fingerprint density at radius 3 is 2.00 bits per heavy atom. The van der Waals surface area contributed by atoms with Gasteiger partial charge in [0.25, 0.3) is 6.71 Å². The highest BCUT2D eigenvalue weighted by Crippen LogP contribution is 2.53. The standard InChI is InChI=1S/C56H49BN2OS/c1-54(2,3)35-24-26-36(27-25-35)58-45-21-15-22-46-49(45)57(53-50(58)40-32-41-42(33-47(40)60-53)56(6,7)31-30-55(41,4)5)43-29-28-39-38-19-12-14-23-48(38)61-52(39)51(43)59(46)44-20-13-11-18-37(44)34-16-9-8-10-17-34/h8-29,32-33H,30-31H2,1-7H3. The van der Waals surface area contributed by atoms with Gasteiger partial charge in [-0.05, 0) is 111 Å². The fraction of sp³-hybridized carbons (Fsp3) is 0.214. The fourth-order valence-electron chi connectivity index (χ4n) is 10.9. The number of fused-ring (bicyclic) bond motifs is 11. The third-order valence-electron chi connectivity index (χ3n) is 14.3. The molecule has 4 heterocycles. The van der Waals surface area contributed by atoms with E-state index in [0.717, 1.165) is 35.5 Å². The maximum Gasteiger partial charge on any atom is 0.297 e. The lowest BCUT2D eigenvalue weighted by Crippen LogP contribution is -2.61. The van der Waals surface area contributed by atoms with E-state index in [1.165, 1.54) is 87.1 Å². The van der Waals surface area contributed by atoms with E-state index in [1.807, 2.05) is 11.3 Å². The Labute approximate surface area is 363 Å². The number of furan rings is 1. The molecule has 7 aromatic carbocycles. The Hall–Kier alpha value is -6.04. The number of benzene rings is 7. The summed E-state index contributed by atoms with van der Waals surface area (Å²) in [6.07, 6.45) is 2.31. The first-order valence-electron chi connectivity index (χ1n) is 21.9. The van der Waals surface area contributed by atoms with Crippen molar-refractivity contribution in [2.75, 3.05) is 9.80 Å². The van der Waals surface area contributed by atoms with E-state index in [1.54, 1.807) is 0 Å². The van der Waals surface area contributed by atoms with E-state index < -0.39 is 0 Å². The molecule has 0 unspecified atom stereocenters. The van der Waals surface area contributed by atoms with E-state index in [0.29, 0.717) is 0 Å². The summed E-state index contributed by atoms with van der Waals surface area (Å²) in [7, 11) is 0. The van der Waals surface area contributed by atoms with Crippen LogP contribution in [0, 0.1) is 0 Å². The first-order valence-corrected chi connectivity index (χ1v) is 22.7. The summed E-state index contributed by atoms with van der Waals surface area (Å²) in [5, 5.41) is 3.78. The molecule has 0 amide bonds. The van der Waals surface area contributed by atoms with Crippen LogP contribution >= 0.6 is 11.3 Å². The van der Waals surface area contributed by atoms with Gasteiger partial charge >= 0.3 is 0 Å². The summed E-state index contributed by atoms with van der Waals surface area (Å²) in [6.45, 7) is 16.4. The van der Waals surface area contributed by atoms with Crippen LogP contribution in [0.4, 0.5) is 34.1 Å². The number of para-hydroxylation sites is 1. The average molecular weight is 809 g/mol. The second-order valence-electron chi connectivity index (χ2n) is 19.9. The van der Waals surface area contributed by atoms with E-state index in [4.69, 9.17) is 4.42 Å². The number of hydrogen-bond acceptors (Lipinski definition) is 4. The molecule has 12 rings (SSSR count). The molecular weight excluding hydrogens is 760 g/mol. The molecule has 1 aliphatic carbocycles. The maximum atomic E-state index is 7.50. The van der Waals surface area contributed by atoms with E-state index in [9.17, 15) is 0 Å². The Bertz CT molecular complexity index is 3260. The van der Waals surface area contributed by atoms with Crippen LogP contribution in [0.15, 0.2) is 150 Å². The number of anilines is 6. The van der Waals surface area contributed by atoms with Crippen molar-refractivity contribution in [3.63, 3.8) is 0 Å². The third kappa shape index (κ3) is 5.29. The van der Waals surface area contributed by atoms with Crippen LogP contribution in [0.25, 0.3) is 42.3 Å². The van der Waals surface area contributed by atoms with Crippen molar-refractivity contribution in [1.29, 1.82) is 0 Å². The lowest BCUT2D eigenvalue weighted by atomic mass is 9.35. The van der Waals surface area contributed by atoms with Gasteiger partial charge in [0.1, 0.15) is 5.58 Å². The van der Waals surface area contributed by atoms with Crippen LogP contribution in [0.5, 0.6) is 0 Å². The molecule has 0 N–H and O–H groups in total. The zero-order valence-corrected chi connectivity index (χ0v) is 36.9. The Kier molecular flexibility index (Phi) is 7.69. The molecule has 3 nitrogen and oxygen atoms in total. The van der Waals surface area contributed by atoms with Crippen LogP contribution in [-0.2, 0) is 16.2 Å². The van der Waals surface area contributed by atoms with Gasteiger partial charge in [-0.3, -0.25) is 0 Å². The summed E-state index contributed by atoms with van der Waals surface area (Å²) in [4.78, 5) is 5.11. The van der Waals surface area contributed by atoms with E-state index in [2.05, 4.69) is 204 Å². The smallest absolute Gasteiger partial charge is 0.297 e. The second kappa shape index (κ2) is 12.8. The van der Waals surface area contributed by atoms with Crippen molar-refractivity contribution < 1.29 is 4.42 Å². The topological polar surface area (TPSA) is 19.6 Å². The Morgan fingerprint density at radius 2 is 1.25 bits per heavy atom.